The summed E-state index contributed by atoms with van der Waals surface area (Å²) < 4.78 is 7.42. The van der Waals surface area contributed by atoms with Gasteiger partial charge in [-0.25, -0.2) is 4.79 Å². The normalized spacial score (nSPS) is 11.0. The van der Waals surface area contributed by atoms with Gasteiger partial charge in [-0.05, 0) is 48.9 Å². The van der Waals surface area contributed by atoms with Gasteiger partial charge in [0.1, 0.15) is 15.5 Å². The second kappa shape index (κ2) is 9.25. The Morgan fingerprint density at radius 2 is 1.62 bits per heavy atom. The van der Waals surface area contributed by atoms with E-state index in [1.54, 1.807) is 42.5 Å². The molecule has 2 aromatic heterocycles. The number of esters is 1. The number of fused-ring (bicyclic) bond motifs is 1. The number of rotatable bonds is 6. The maximum absolute atomic E-state index is 12.8. The molecule has 0 atom stereocenters. The predicted molar refractivity (Wildman–Crippen MR) is 134 cm³/mol. The smallest absolute Gasteiger partial charge is 0.353 e. The molecule has 0 fully saturated rings. The molecule has 34 heavy (non-hydrogen) atoms. The number of carbonyl (C=O) groups excluding carboxylic acids is 2. The average molecular weight is 487 g/mol. The molecule has 3 aromatic carbocycles. The van der Waals surface area contributed by atoms with E-state index in [9.17, 15) is 9.59 Å². The molecule has 0 unspecified atom stereocenters. The lowest BCUT2D eigenvalue weighted by Gasteiger charge is -2.05. The highest BCUT2D eigenvalue weighted by Crippen LogP contribution is 2.30. The zero-order valence-corrected chi connectivity index (χ0v) is 19.8. The Labute approximate surface area is 205 Å². The third-order valence-corrected chi connectivity index (χ3v) is 6.95. The second-order valence-corrected chi connectivity index (χ2v) is 9.21. The van der Waals surface area contributed by atoms with Gasteiger partial charge in [0.15, 0.2) is 5.78 Å². The van der Waals surface area contributed by atoms with Gasteiger partial charge >= 0.3 is 5.97 Å². The Morgan fingerprint density at radius 1 is 0.941 bits per heavy atom. The number of aryl methyl sites for hydroxylation is 1. The predicted octanol–water partition coefficient (Wildman–Crippen LogP) is 6.56. The number of hydrogen-bond donors (Lipinski definition) is 0. The van der Waals surface area contributed by atoms with E-state index in [1.165, 1.54) is 11.3 Å². The van der Waals surface area contributed by atoms with Crippen LogP contribution in [0.25, 0.3) is 10.2 Å². The number of nitrogens with zero attached hydrogens (tertiary/aromatic N) is 2. The van der Waals surface area contributed by atoms with Gasteiger partial charge in [0.2, 0.25) is 0 Å². The molecule has 0 spiro atoms. The molecule has 5 nitrogen and oxygen atoms in total. The first-order chi connectivity index (χ1) is 16.5. The van der Waals surface area contributed by atoms with Crippen LogP contribution in [-0.2, 0) is 6.54 Å². The van der Waals surface area contributed by atoms with E-state index < -0.39 is 5.97 Å². The highest BCUT2D eigenvalue weighted by atomic mass is 35.5. The lowest BCUT2D eigenvalue weighted by molar-refractivity contribution is 0.0740. The number of aromatic nitrogens is 2. The van der Waals surface area contributed by atoms with Gasteiger partial charge in [0.25, 0.3) is 0 Å². The number of benzene rings is 3. The van der Waals surface area contributed by atoms with Crippen molar-refractivity contribution < 1.29 is 14.3 Å². The quantitative estimate of drug-likeness (QED) is 0.155. The largest absolute Gasteiger partial charge is 0.422 e. The molecule has 168 valence electrons. The lowest BCUT2D eigenvalue weighted by Crippen LogP contribution is -2.07. The van der Waals surface area contributed by atoms with Crippen LogP contribution in [0, 0.1) is 6.92 Å². The molecule has 0 aliphatic heterocycles. The van der Waals surface area contributed by atoms with Crippen LogP contribution in [0.2, 0.25) is 5.02 Å². The molecular formula is C27H19ClN2O3S. The van der Waals surface area contributed by atoms with Crippen molar-refractivity contribution >= 4 is 44.9 Å². The Bertz CT molecular complexity index is 1500. The standard InChI is InChI=1S/C27H19ClN2O3S/c1-17-22-15-24(34-26(22)30(29-17)16-20-9-5-6-10-23(20)28)27(32)33-21-13-11-19(12-14-21)25(31)18-7-3-2-4-8-18/h2-15H,16H2,1H3. The second-order valence-electron chi connectivity index (χ2n) is 7.77. The first-order valence-corrected chi connectivity index (χ1v) is 11.8. The van der Waals surface area contributed by atoms with Crippen LogP contribution in [0.1, 0.15) is 36.9 Å². The summed E-state index contributed by atoms with van der Waals surface area (Å²) in [5, 5.41) is 6.19. The summed E-state index contributed by atoms with van der Waals surface area (Å²) in [4.78, 5) is 26.8. The first kappa shape index (κ1) is 22.1. The number of ether oxygens (including phenoxy) is 1. The fraction of sp³-hybridized carbons (Fsp3) is 0.0741. The van der Waals surface area contributed by atoms with Crippen LogP contribution in [0.15, 0.2) is 84.9 Å². The number of thiophene rings is 1. The van der Waals surface area contributed by atoms with Crippen molar-refractivity contribution in [2.45, 2.75) is 13.5 Å². The van der Waals surface area contributed by atoms with E-state index in [2.05, 4.69) is 5.10 Å². The highest BCUT2D eigenvalue weighted by Gasteiger charge is 2.19. The van der Waals surface area contributed by atoms with Crippen molar-refractivity contribution in [3.05, 3.63) is 117 Å². The van der Waals surface area contributed by atoms with E-state index in [4.69, 9.17) is 16.3 Å². The number of halogens is 1. The molecule has 0 saturated heterocycles. The van der Waals surface area contributed by atoms with E-state index >= 15 is 0 Å². The van der Waals surface area contributed by atoms with Crippen LogP contribution < -0.4 is 4.74 Å². The molecule has 0 bridgehead atoms. The fourth-order valence-corrected chi connectivity index (χ4v) is 4.93. The number of hydrogen-bond acceptors (Lipinski definition) is 5. The number of carbonyl (C=O) groups is 2. The summed E-state index contributed by atoms with van der Waals surface area (Å²) in [6.45, 7) is 2.42. The molecule has 2 heterocycles. The minimum absolute atomic E-state index is 0.0819. The van der Waals surface area contributed by atoms with Gasteiger partial charge in [-0.15, -0.1) is 11.3 Å². The molecular weight excluding hydrogens is 468 g/mol. The molecule has 5 aromatic rings. The summed E-state index contributed by atoms with van der Waals surface area (Å²) in [6.07, 6.45) is 0. The van der Waals surface area contributed by atoms with Crippen LogP contribution >= 0.6 is 22.9 Å². The van der Waals surface area contributed by atoms with Gasteiger partial charge < -0.3 is 4.74 Å². The minimum Gasteiger partial charge on any atom is -0.422 e. The zero-order chi connectivity index (χ0) is 23.7. The van der Waals surface area contributed by atoms with Crippen LogP contribution in [-0.4, -0.2) is 21.5 Å². The summed E-state index contributed by atoms with van der Waals surface area (Å²) in [6, 6.07) is 25.1. The van der Waals surface area contributed by atoms with Crippen molar-refractivity contribution in [3.8, 4) is 5.75 Å². The van der Waals surface area contributed by atoms with E-state index in [0.717, 1.165) is 21.5 Å². The molecule has 5 rings (SSSR count). The van der Waals surface area contributed by atoms with Crippen molar-refractivity contribution in [2.75, 3.05) is 0 Å². The molecule has 0 N–H and O–H groups in total. The van der Waals surface area contributed by atoms with Gasteiger partial charge in [-0.2, -0.15) is 5.10 Å². The van der Waals surface area contributed by atoms with Crippen molar-refractivity contribution in [3.63, 3.8) is 0 Å². The molecule has 0 saturated carbocycles. The van der Waals surface area contributed by atoms with Crippen LogP contribution in [0.4, 0.5) is 0 Å². The van der Waals surface area contributed by atoms with Crippen LogP contribution in [0.3, 0.4) is 0 Å². The van der Waals surface area contributed by atoms with Crippen LogP contribution in [0.5, 0.6) is 5.75 Å². The van der Waals surface area contributed by atoms with Crippen molar-refractivity contribution in [2.24, 2.45) is 0 Å². The highest BCUT2D eigenvalue weighted by molar-refractivity contribution is 7.20. The Kier molecular flexibility index (Phi) is 6.01. The third-order valence-electron chi connectivity index (χ3n) is 5.45. The van der Waals surface area contributed by atoms with Gasteiger partial charge in [0, 0.05) is 21.5 Å². The summed E-state index contributed by atoms with van der Waals surface area (Å²) in [7, 11) is 0. The van der Waals surface area contributed by atoms with E-state index in [-0.39, 0.29) is 5.78 Å². The Balaban J connectivity index is 1.34. The molecule has 7 heteroatoms. The lowest BCUT2D eigenvalue weighted by atomic mass is 10.0. The summed E-state index contributed by atoms with van der Waals surface area (Å²) in [5.41, 5.74) is 2.93. The third kappa shape index (κ3) is 4.38. The molecule has 0 amide bonds. The van der Waals surface area contributed by atoms with Crippen molar-refractivity contribution in [1.82, 2.24) is 9.78 Å². The monoisotopic (exact) mass is 486 g/mol. The summed E-state index contributed by atoms with van der Waals surface area (Å²) >= 11 is 7.64. The molecule has 0 radical (unpaired) electrons. The van der Waals surface area contributed by atoms with Gasteiger partial charge in [-0.3, -0.25) is 9.48 Å². The first-order valence-electron chi connectivity index (χ1n) is 10.6. The van der Waals surface area contributed by atoms with Gasteiger partial charge in [-0.1, -0.05) is 60.1 Å². The van der Waals surface area contributed by atoms with Gasteiger partial charge in [0.05, 0.1) is 12.2 Å². The average Bonchev–Trinajstić information content (AvgIpc) is 3.42. The van der Waals surface area contributed by atoms with E-state index in [1.807, 2.05) is 54.1 Å². The zero-order valence-electron chi connectivity index (χ0n) is 18.2. The Morgan fingerprint density at radius 3 is 2.35 bits per heavy atom. The maximum Gasteiger partial charge on any atom is 0.353 e. The van der Waals surface area contributed by atoms with Crippen molar-refractivity contribution in [1.29, 1.82) is 0 Å². The molecule has 0 aliphatic rings. The minimum atomic E-state index is -0.452. The summed E-state index contributed by atoms with van der Waals surface area (Å²) in [5.74, 6) is -0.157. The van der Waals surface area contributed by atoms with E-state index in [0.29, 0.717) is 33.3 Å². The number of ketones is 1. The molecule has 0 aliphatic carbocycles. The maximum atomic E-state index is 12.8. The SMILES string of the molecule is Cc1nn(Cc2ccccc2Cl)c2sc(C(=O)Oc3ccc(C(=O)c4ccccc4)cc3)cc12. The topological polar surface area (TPSA) is 61.2 Å². The Hall–Kier alpha value is -3.74. The fourth-order valence-electron chi connectivity index (χ4n) is 3.70.